The molecule has 45 heavy (non-hydrogen) atoms. The Morgan fingerprint density at radius 3 is 2.13 bits per heavy atom. The first kappa shape index (κ1) is 31.3. The maximum atomic E-state index is 13.4. The summed E-state index contributed by atoms with van der Waals surface area (Å²) < 4.78 is 50.3. The van der Waals surface area contributed by atoms with Crippen molar-refractivity contribution in [3.63, 3.8) is 0 Å². The largest absolute Gasteiger partial charge is 0.486 e. The van der Waals surface area contributed by atoms with Crippen LogP contribution in [0, 0.1) is 0 Å². The topological polar surface area (TPSA) is 172 Å². The summed E-state index contributed by atoms with van der Waals surface area (Å²) in [6, 6.07) is 9.54. The van der Waals surface area contributed by atoms with Crippen LogP contribution in [0.4, 0.5) is 0 Å². The van der Waals surface area contributed by atoms with Gasteiger partial charge in [0.2, 0.25) is 12.4 Å². The molecule has 3 heterocycles. The van der Waals surface area contributed by atoms with Crippen molar-refractivity contribution in [1.82, 2.24) is 0 Å². The predicted octanol–water partition coefficient (Wildman–Crippen LogP) is 2.69. The zero-order valence-corrected chi connectivity index (χ0v) is 24.8. The highest BCUT2D eigenvalue weighted by atomic mass is 16.7. The van der Waals surface area contributed by atoms with Gasteiger partial charge >= 0.3 is 23.9 Å². The second-order valence-corrected chi connectivity index (χ2v) is 10.2. The summed E-state index contributed by atoms with van der Waals surface area (Å²) in [7, 11) is 0. The van der Waals surface area contributed by atoms with Crippen molar-refractivity contribution in [1.29, 1.82) is 0 Å². The summed E-state index contributed by atoms with van der Waals surface area (Å²) in [4.78, 5) is 61.1. The van der Waals surface area contributed by atoms with Crippen LogP contribution in [0.5, 0.6) is 17.2 Å². The summed E-state index contributed by atoms with van der Waals surface area (Å²) >= 11 is 0. The molecule has 14 heteroatoms. The first-order valence-corrected chi connectivity index (χ1v) is 13.9. The van der Waals surface area contributed by atoms with Gasteiger partial charge < -0.3 is 42.3 Å². The van der Waals surface area contributed by atoms with Gasteiger partial charge in [-0.05, 0) is 29.8 Å². The van der Waals surface area contributed by atoms with E-state index in [-0.39, 0.29) is 22.1 Å². The average Bonchev–Trinajstić information content (AvgIpc) is 2.98. The summed E-state index contributed by atoms with van der Waals surface area (Å²) in [5.41, 5.74) is 0.733. The summed E-state index contributed by atoms with van der Waals surface area (Å²) in [6.45, 7) is 4.96. The third-order valence-electron chi connectivity index (χ3n) is 6.80. The van der Waals surface area contributed by atoms with Crippen molar-refractivity contribution in [2.45, 2.75) is 58.4 Å². The Balaban J connectivity index is 1.47. The van der Waals surface area contributed by atoms with E-state index in [9.17, 15) is 24.0 Å². The van der Waals surface area contributed by atoms with Crippen LogP contribution in [0.2, 0.25) is 0 Å². The zero-order valence-electron chi connectivity index (χ0n) is 24.8. The van der Waals surface area contributed by atoms with Gasteiger partial charge in [0.1, 0.15) is 43.5 Å². The highest BCUT2D eigenvalue weighted by Crippen LogP contribution is 2.35. The molecule has 5 atom stereocenters. The lowest BCUT2D eigenvalue weighted by Crippen LogP contribution is -2.63. The number of rotatable bonds is 8. The number of carbonyl (C=O) groups is 4. The van der Waals surface area contributed by atoms with Crippen molar-refractivity contribution in [3.8, 4) is 28.4 Å². The maximum Gasteiger partial charge on any atom is 0.303 e. The molecule has 0 N–H and O–H groups in total. The number of ether oxygens (including phenoxy) is 8. The molecule has 0 amide bonds. The van der Waals surface area contributed by atoms with Gasteiger partial charge in [-0.2, -0.15) is 0 Å². The predicted molar refractivity (Wildman–Crippen MR) is 151 cm³/mol. The Morgan fingerprint density at radius 1 is 0.778 bits per heavy atom. The van der Waals surface area contributed by atoms with Crippen LogP contribution in [-0.2, 0) is 42.9 Å². The minimum Gasteiger partial charge on any atom is -0.486 e. The lowest BCUT2D eigenvalue weighted by molar-refractivity contribution is -0.288. The van der Waals surface area contributed by atoms with E-state index in [0.717, 1.165) is 20.8 Å². The quantitative estimate of drug-likeness (QED) is 0.264. The van der Waals surface area contributed by atoms with Gasteiger partial charge in [0, 0.05) is 33.8 Å². The van der Waals surface area contributed by atoms with Gasteiger partial charge in [-0.1, -0.05) is 6.07 Å². The minimum atomic E-state index is -1.45. The molecule has 0 aliphatic carbocycles. The summed E-state index contributed by atoms with van der Waals surface area (Å²) in [5, 5.41) is 0.247. The smallest absolute Gasteiger partial charge is 0.303 e. The lowest BCUT2D eigenvalue weighted by atomic mass is 9.98. The molecule has 2 aliphatic heterocycles. The third kappa shape index (κ3) is 7.17. The molecule has 14 nitrogen and oxygen atoms in total. The van der Waals surface area contributed by atoms with E-state index in [1.807, 2.05) is 0 Å². The van der Waals surface area contributed by atoms with Crippen LogP contribution in [0.25, 0.3) is 22.1 Å². The van der Waals surface area contributed by atoms with Crippen LogP contribution < -0.4 is 19.6 Å². The van der Waals surface area contributed by atoms with Crippen LogP contribution in [0.3, 0.4) is 0 Å². The van der Waals surface area contributed by atoms with Gasteiger partial charge in [-0.25, -0.2) is 0 Å². The molecular weight excluding hydrogens is 596 g/mol. The average molecular weight is 627 g/mol. The fourth-order valence-corrected chi connectivity index (χ4v) is 5.01. The summed E-state index contributed by atoms with van der Waals surface area (Å²) in [5.74, 6) is -1.73. The molecule has 3 aromatic rings. The maximum absolute atomic E-state index is 13.4. The van der Waals surface area contributed by atoms with Crippen molar-refractivity contribution in [2.24, 2.45) is 0 Å². The molecule has 2 aliphatic rings. The molecule has 238 valence electrons. The number of benzene rings is 2. The molecular formula is C31H30O14. The van der Waals surface area contributed by atoms with Crippen molar-refractivity contribution < 1.29 is 61.5 Å². The van der Waals surface area contributed by atoms with Crippen LogP contribution in [0.1, 0.15) is 27.7 Å². The van der Waals surface area contributed by atoms with E-state index in [1.165, 1.54) is 31.4 Å². The van der Waals surface area contributed by atoms with E-state index < -0.39 is 61.2 Å². The molecule has 0 spiro atoms. The normalized spacial score (nSPS) is 22.2. The summed E-state index contributed by atoms with van der Waals surface area (Å²) in [6.07, 6.45) is -5.49. The van der Waals surface area contributed by atoms with Crippen molar-refractivity contribution in [3.05, 3.63) is 52.9 Å². The monoisotopic (exact) mass is 626 g/mol. The highest BCUT2D eigenvalue weighted by molar-refractivity contribution is 5.83. The zero-order chi connectivity index (χ0) is 32.2. The van der Waals surface area contributed by atoms with Gasteiger partial charge in [0.15, 0.2) is 29.1 Å². The molecule has 2 aromatic carbocycles. The number of esters is 4. The second kappa shape index (κ2) is 13.3. The number of hydrogen-bond acceptors (Lipinski definition) is 14. The lowest BCUT2D eigenvalue weighted by Gasteiger charge is -2.43. The van der Waals surface area contributed by atoms with E-state index in [4.69, 9.17) is 42.3 Å². The molecule has 1 aromatic heterocycles. The van der Waals surface area contributed by atoms with Crippen LogP contribution in [0.15, 0.2) is 51.9 Å². The SMILES string of the molecule is CC(=O)OC[C@H]1O[C@@H](Oc2ccc3c(=O)c(-c4ccc5c(c4)OCCO5)coc3c2)[C@H](OC(C)=O)[C@@H](OC(C)=O)[C@@H]1OC(C)=O. The van der Waals surface area contributed by atoms with Gasteiger partial charge in [0.25, 0.3) is 0 Å². The number of carbonyl (C=O) groups excluding carboxylic acids is 4. The third-order valence-corrected chi connectivity index (χ3v) is 6.80. The molecule has 0 saturated carbocycles. The fourth-order valence-electron chi connectivity index (χ4n) is 5.01. The molecule has 0 unspecified atom stereocenters. The van der Waals surface area contributed by atoms with Crippen molar-refractivity contribution in [2.75, 3.05) is 19.8 Å². The molecule has 1 saturated heterocycles. The number of fused-ring (bicyclic) bond motifs is 2. The van der Waals surface area contributed by atoms with Crippen molar-refractivity contribution >= 4 is 34.8 Å². The molecule has 0 radical (unpaired) electrons. The van der Waals surface area contributed by atoms with Gasteiger partial charge in [-0.3, -0.25) is 24.0 Å². The standard InChI is InChI=1S/C31H30O14/c1-15(32)39-14-26-28(41-16(2)33)29(42-17(3)34)30(43-18(4)35)31(45-26)44-20-6-7-21-24(12-20)40-13-22(27(21)36)19-5-8-23-25(11-19)38-10-9-37-23/h5-8,11-13,26,28-31H,9-10,14H2,1-4H3/t26-,28-,29+,30-,31-/m1/s1. The first-order chi connectivity index (χ1) is 21.5. The minimum absolute atomic E-state index is 0.124. The van der Waals surface area contributed by atoms with Gasteiger partial charge in [0.05, 0.1) is 10.9 Å². The van der Waals surface area contributed by atoms with Gasteiger partial charge in [-0.15, -0.1) is 0 Å². The van der Waals surface area contributed by atoms with E-state index in [0.29, 0.717) is 35.8 Å². The fraction of sp³-hybridized carbons (Fsp3) is 0.387. The first-order valence-electron chi connectivity index (χ1n) is 13.9. The number of hydrogen-bond donors (Lipinski definition) is 0. The van der Waals surface area contributed by atoms with Crippen LogP contribution in [-0.4, -0.2) is 74.4 Å². The Morgan fingerprint density at radius 2 is 1.44 bits per heavy atom. The Hall–Kier alpha value is -5.11. The Bertz CT molecular complexity index is 1680. The van der Waals surface area contributed by atoms with E-state index in [2.05, 4.69) is 0 Å². The second-order valence-electron chi connectivity index (χ2n) is 10.2. The van der Waals surface area contributed by atoms with E-state index in [1.54, 1.807) is 18.2 Å². The van der Waals surface area contributed by atoms with E-state index >= 15 is 0 Å². The highest BCUT2D eigenvalue weighted by Gasteiger charge is 2.53. The Labute approximate surface area is 256 Å². The molecule has 0 bridgehead atoms. The molecule has 5 rings (SSSR count). The van der Waals surface area contributed by atoms with Crippen LogP contribution >= 0.6 is 0 Å². The molecule has 1 fully saturated rings. The Kier molecular flexibility index (Phi) is 9.23.